The molecule has 0 bridgehead atoms. The molecule has 15 heavy (non-hydrogen) atoms. The molecular weight excluding hydrogens is 192 g/mol. The second kappa shape index (κ2) is 5.98. The van der Waals surface area contributed by atoms with Gasteiger partial charge in [-0.2, -0.15) is 0 Å². The Morgan fingerprint density at radius 2 is 2.20 bits per heavy atom. The summed E-state index contributed by atoms with van der Waals surface area (Å²) >= 11 is 0. The van der Waals surface area contributed by atoms with Crippen molar-refractivity contribution in [2.24, 2.45) is 5.92 Å². The summed E-state index contributed by atoms with van der Waals surface area (Å²) in [6.07, 6.45) is 4.61. The lowest BCUT2D eigenvalue weighted by Gasteiger charge is -2.25. The Morgan fingerprint density at radius 3 is 2.73 bits per heavy atom. The minimum absolute atomic E-state index is 0.0559. The maximum absolute atomic E-state index is 10.8. The topological polar surface area (TPSA) is 49.4 Å². The van der Waals surface area contributed by atoms with Gasteiger partial charge in [0.2, 0.25) is 0 Å². The van der Waals surface area contributed by atoms with E-state index < -0.39 is 0 Å². The first-order chi connectivity index (χ1) is 7.17. The Balaban J connectivity index is 2.43. The zero-order chi connectivity index (χ0) is 11.3. The molecule has 0 aromatic rings. The molecule has 1 N–H and O–H groups in total. The van der Waals surface area contributed by atoms with Gasteiger partial charge in [0.15, 0.2) is 0 Å². The highest BCUT2D eigenvalue weighted by Crippen LogP contribution is 2.14. The van der Waals surface area contributed by atoms with Crippen molar-refractivity contribution in [2.75, 3.05) is 6.54 Å². The van der Waals surface area contributed by atoms with Gasteiger partial charge < -0.3 is 9.59 Å². The van der Waals surface area contributed by atoms with Crippen LogP contribution in [0.3, 0.4) is 0 Å². The summed E-state index contributed by atoms with van der Waals surface area (Å²) in [5.74, 6) is 0.477. The summed E-state index contributed by atoms with van der Waals surface area (Å²) in [4.78, 5) is 21.6. The number of hydrogen-bond acceptors (Lipinski definition) is 4. The van der Waals surface area contributed by atoms with Crippen molar-refractivity contribution in [3.8, 4) is 0 Å². The van der Waals surface area contributed by atoms with Crippen molar-refractivity contribution in [1.29, 1.82) is 0 Å². The molecule has 1 rings (SSSR count). The molecule has 0 aromatic carbocycles. The fourth-order valence-corrected chi connectivity index (χ4v) is 1.95. The average Bonchev–Trinajstić information content (AvgIpc) is 2.63. The van der Waals surface area contributed by atoms with Gasteiger partial charge >= 0.3 is 0 Å². The van der Waals surface area contributed by atoms with E-state index in [1.165, 1.54) is 0 Å². The number of carbonyl (C=O) groups excluding carboxylic acids is 2. The Bertz CT molecular complexity index is 219. The first-order valence-electron chi connectivity index (χ1n) is 5.60. The molecule has 4 nitrogen and oxygen atoms in total. The van der Waals surface area contributed by atoms with E-state index in [1.54, 1.807) is 0 Å². The summed E-state index contributed by atoms with van der Waals surface area (Å²) in [6, 6.07) is -0.217. The van der Waals surface area contributed by atoms with Crippen LogP contribution in [0, 0.1) is 5.92 Å². The van der Waals surface area contributed by atoms with Crippen molar-refractivity contribution < 1.29 is 9.59 Å². The predicted octanol–water partition coefficient (Wildman–Crippen LogP) is 0.768. The monoisotopic (exact) mass is 212 g/mol. The molecule has 4 heteroatoms. The quantitative estimate of drug-likeness (QED) is 0.661. The third-order valence-corrected chi connectivity index (χ3v) is 2.68. The van der Waals surface area contributed by atoms with Crippen molar-refractivity contribution in [2.45, 2.75) is 45.2 Å². The Hall–Kier alpha value is -0.740. The Labute approximate surface area is 91.0 Å². The summed E-state index contributed by atoms with van der Waals surface area (Å²) in [5.41, 5.74) is 3.13. The molecule has 86 valence electrons. The zero-order valence-corrected chi connectivity index (χ0v) is 9.48. The molecule has 1 heterocycles. The van der Waals surface area contributed by atoms with Gasteiger partial charge in [-0.1, -0.05) is 13.8 Å². The van der Waals surface area contributed by atoms with Crippen LogP contribution in [0.15, 0.2) is 0 Å². The van der Waals surface area contributed by atoms with E-state index in [0.717, 1.165) is 38.4 Å². The molecule has 0 spiro atoms. The van der Waals surface area contributed by atoms with Crippen LogP contribution in [0.25, 0.3) is 0 Å². The van der Waals surface area contributed by atoms with E-state index >= 15 is 0 Å². The van der Waals surface area contributed by atoms with Crippen molar-refractivity contribution in [1.82, 2.24) is 10.4 Å². The van der Waals surface area contributed by atoms with E-state index in [2.05, 4.69) is 19.3 Å². The van der Waals surface area contributed by atoms with Crippen LogP contribution in [0.1, 0.15) is 33.1 Å². The van der Waals surface area contributed by atoms with Gasteiger partial charge in [-0.15, -0.1) is 0 Å². The lowest BCUT2D eigenvalue weighted by atomic mass is 10.1. The summed E-state index contributed by atoms with van der Waals surface area (Å²) < 4.78 is 0. The van der Waals surface area contributed by atoms with E-state index in [0.29, 0.717) is 5.92 Å². The molecule has 0 saturated carbocycles. The van der Waals surface area contributed by atoms with Crippen LogP contribution in [-0.4, -0.2) is 36.2 Å². The number of rotatable bonds is 6. The largest absolute Gasteiger partial charge is 0.302 e. The maximum atomic E-state index is 10.8. The van der Waals surface area contributed by atoms with E-state index in [4.69, 9.17) is 0 Å². The second-order valence-electron chi connectivity index (χ2n) is 4.54. The first-order valence-corrected chi connectivity index (χ1v) is 5.60. The lowest BCUT2D eigenvalue weighted by Crippen LogP contribution is -2.48. The number of aldehydes is 2. The molecule has 2 atom stereocenters. The summed E-state index contributed by atoms with van der Waals surface area (Å²) in [5, 5.41) is 1.90. The van der Waals surface area contributed by atoms with Gasteiger partial charge in [-0.05, 0) is 25.2 Å². The zero-order valence-electron chi connectivity index (χ0n) is 9.48. The van der Waals surface area contributed by atoms with E-state index in [9.17, 15) is 9.59 Å². The number of hydrazine groups is 1. The smallest absolute Gasteiger partial charge is 0.138 e. The van der Waals surface area contributed by atoms with Crippen molar-refractivity contribution >= 4 is 12.6 Å². The normalized spacial score (nSPS) is 24.3. The molecule has 0 radical (unpaired) electrons. The first kappa shape index (κ1) is 12.3. The molecule has 0 aliphatic carbocycles. The average molecular weight is 212 g/mol. The SMILES string of the molecule is CC(C)C[C@@H](C=O)NN1CCC[C@H]1C=O. The van der Waals surface area contributed by atoms with Gasteiger partial charge in [0.05, 0.1) is 12.1 Å². The number of carbonyl (C=O) groups is 2. The van der Waals surface area contributed by atoms with Gasteiger partial charge in [0, 0.05) is 6.54 Å². The number of nitrogens with zero attached hydrogens (tertiary/aromatic N) is 1. The number of hydrogen-bond donors (Lipinski definition) is 1. The van der Waals surface area contributed by atoms with Gasteiger partial charge in [0.25, 0.3) is 0 Å². The van der Waals surface area contributed by atoms with Crippen LogP contribution in [0.2, 0.25) is 0 Å². The molecule has 0 amide bonds. The Morgan fingerprint density at radius 1 is 1.47 bits per heavy atom. The molecule has 1 aliphatic heterocycles. The van der Waals surface area contributed by atoms with Crippen LogP contribution in [0.5, 0.6) is 0 Å². The predicted molar refractivity (Wildman–Crippen MR) is 58.2 cm³/mol. The fourth-order valence-electron chi connectivity index (χ4n) is 1.95. The van der Waals surface area contributed by atoms with Crippen LogP contribution < -0.4 is 5.43 Å². The minimum Gasteiger partial charge on any atom is -0.302 e. The van der Waals surface area contributed by atoms with E-state index in [-0.39, 0.29) is 12.1 Å². The maximum Gasteiger partial charge on any atom is 0.138 e. The van der Waals surface area contributed by atoms with Gasteiger partial charge in [-0.3, -0.25) is 0 Å². The molecule has 0 aromatic heterocycles. The van der Waals surface area contributed by atoms with Crippen LogP contribution in [-0.2, 0) is 9.59 Å². The highest BCUT2D eigenvalue weighted by molar-refractivity contribution is 5.59. The summed E-state index contributed by atoms with van der Waals surface area (Å²) in [7, 11) is 0. The molecule has 1 aliphatic rings. The summed E-state index contributed by atoms with van der Waals surface area (Å²) in [6.45, 7) is 5.02. The second-order valence-corrected chi connectivity index (χ2v) is 4.54. The van der Waals surface area contributed by atoms with Gasteiger partial charge in [0.1, 0.15) is 12.6 Å². The number of nitrogens with one attached hydrogen (secondary N) is 1. The minimum atomic E-state index is -0.162. The third-order valence-electron chi connectivity index (χ3n) is 2.68. The molecule has 1 saturated heterocycles. The van der Waals surface area contributed by atoms with Crippen molar-refractivity contribution in [3.63, 3.8) is 0 Å². The molecule has 1 fully saturated rings. The standard InChI is InChI=1S/C11H20N2O2/c1-9(2)6-10(7-14)12-13-5-3-4-11(13)8-15/h7-12H,3-6H2,1-2H3/t10-,11-/m0/s1. The fraction of sp³-hybridized carbons (Fsp3) is 0.818. The lowest BCUT2D eigenvalue weighted by molar-refractivity contribution is -0.115. The van der Waals surface area contributed by atoms with E-state index in [1.807, 2.05) is 5.01 Å². The van der Waals surface area contributed by atoms with Crippen molar-refractivity contribution in [3.05, 3.63) is 0 Å². The van der Waals surface area contributed by atoms with Crippen LogP contribution in [0.4, 0.5) is 0 Å². The highest BCUT2D eigenvalue weighted by atomic mass is 16.1. The molecule has 0 unspecified atom stereocenters. The molecular formula is C11H20N2O2. The van der Waals surface area contributed by atoms with Gasteiger partial charge in [-0.25, -0.2) is 10.4 Å². The Kier molecular flexibility index (Phi) is 4.91. The third kappa shape index (κ3) is 3.72. The highest BCUT2D eigenvalue weighted by Gasteiger charge is 2.25. The van der Waals surface area contributed by atoms with Crippen LogP contribution >= 0.6 is 0 Å².